The zero-order valence-corrected chi connectivity index (χ0v) is 10.1. The number of alkyl halides is 1. The minimum absolute atomic E-state index is 0.333. The fourth-order valence-corrected chi connectivity index (χ4v) is 1.77. The van der Waals surface area contributed by atoms with Gasteiger partial charge in [-0.05, 0) is 24.1 Å². The van der Waals surface area contributed by atoms with Crippen molar-refractivity contribution in [1.82, 2.24) is 0 Å². The van der Waals surface area contributed by atoms with E-state index >= 15 is 0 Å². The Kier molecular flexibility index (Phi) is 4.38. The molecule has 0 fully saturated rings. The molecule has 4 heteroatoms. The van der Waals surface area contributed by atoms with Crippen molar-refractivity contribution in [2.75, 3.05) is 5.33 Å². The molecule has 2 atom stereocenters. The molecule has 0 radical (unpaired) electrons. The lowest BCUT2D eigenvalue weighted by Gasteiger charge is -2.18. The highest BCUT2D eigenvalue weighted by atomic mass is 79.9. The summed E-state index contributed by atoms with van der Waals surface area (Å²) in [5, 5.41) is 20.1. The molecule has 0 saturated carbocycles. The van der Waals surface area contributed by atoms with Gasteiger partial charge in [-0.15, -0.1) is 0 Å². The topological polar surface area (TPSA) is 40.5 Å². The third kappa shape index (κ3) is 2.48. The Morgan fingerprint density at radius 3 is 2.64 bits per heavy atom. The summed E-state index contributed by atoms with van der Waals surface area (Å²) in [6, 6.07) is 5.28. The van der Waals surface area contributed by atoms with Gasteiger partial charge in [0.1, 0.15) is 6.10 Å². The summed E-state index contributed by atoms with van der Waals surface area (Å²) in [6.45, 7) is 1.82. The van der Waals surface area contributed by atoms with E-state index in [0.29, 0.717) is 15.9 Å². The molecule has 1 aromatic rings. The van der Waals surface area contributed by atoms with Gasteiger partial charge in [-0.3, -0.25) is 0 Å². The van der Waals surface area contributed by atoms with E-state index in [4.69, 9.17) is 11.6 Å². The summed E-state index contributed by atoms with van der Waals surface area (Å²) < 4.78 is 0. The Bertz CT molecular complexity index is 317. The second-order valence-electron chi connectivity index (χ2n) is 3.12. The number of rotatable bonds is 3. The molecule has 0 saturated heterocycles. The highest BCUT2D eigenvalue weighted by Gasteiger charge is 2.19. The molecule has 0 aromatic heterocycles. The summed E-state index contributed by atoms with van der Waals surface area (Å²) >= 11 is 9.01. The first-order valence-electron chi connectivity index (χ1n) is 4.25. The van der Waals surface area contributed by atoms with Gasteiger partial charge < -0.3 is 10.2 Å². The van der Waals surface area contributed by atoms with E-state index in [-0.39, 0.29) is 0 Å². The van der Waals surface area contributed by atoms with E-state index in [2.05, 4.69) is 15.9 Å². The first-order chi connectivity index (χ1) is 6.57. The Balaban J connectivity index is 3.01. The van der Waals surface area contributed by atoms with Crippen molar-refractivity contribution in [2.45, 2.75) is 19.1 Å². The quantitative estimate of drug-likeness (QED) is 0.834. The maximum absolute atomic E-state index is 9.76. The first kappa shape index (κ1) is 12.0. The van der Waals surface area contributed by atoms with Gasteiger partial charge in [-0.25, -0.2) is 0 Å². The third-order valence-corrected chi connectivity index (χ3v) is 3.22. The van der Waals surface area contributed by atoms with Crippen LogP contribution in [0.3, 0.4) is 0 Å². The number of aliphatic hydroxyl groups excluding tert-OH is 2. The average Bonchev–Trinajstić information content (AvgIpc) is 2.20. The SMILES string of the molecule is Cc1c(Cl)cccc1C(O)C(O)CBr. The highest BCUT2D eigenvalue weighted by molar-refractivity contribution is 9.09. The molecular weight excluding hydrogens is 267 g/mol. The van der Waals surface area contributed by atoms with Gasteiger partial charge in [0.25, 0.3) is 0 Å². The van der Waals surface area contributed by atoms with Crippen molar-refractivity contribution in [3.05, 3.63) is 34.3 Å². The van der Waals surface area contributed by atoms with Gasteiger partial charge in [0.15, 0.2) is 0 Å². The predicted molar refractivity (Wildman–Crippen MR) is 60.9 cm³/mol. The largest absolute Gasteiger partial charge is 0.389 e. The van der Waals surface area contributed by atoms with Gasteiger partial charge in [-0.2, -0.15) is 0 Å². The zero-order valence-electron chi connectivity index (χ0n) is 7.74. The molecule has 0 heterocycles. The summed E-state index contributed by atoms with van der Waals surface area (Å²) in [5.41, 5.74) is 1.48. The molecule has 78 valence electrons. The minimum Gasteiger partial charge on any atom is -0.389 e. The lowest BCUT2D eigenvalue weighted by atomic mass is 10.0. The molecular formula is C10H12BrClO2. The van der Waals surface area contributed by atoms with Gasteiger partial charge in [0, 0.05) is 10.4 Å². The zero-order chi connectivity index (χ0) is 10.7. The number of hydrogen-bond donors (Lipinski definition) is 2. The van der Waals surface area contributed by atoms with Crippen molar-refractivity contribution in [3.63, 3.8) is 0 Å². The average molecular weight is 280 g/mol. The van der Waals surface area contributed by atoms with E-state index in [1.54, 1.807) is 18.2 Å². The number of benzene rings is 1. The molecule has 0 aliphatic rings. The molecule has 2 nitrogen and oxygen atoms in total. The summed E-state index contributed by atoms with van der Waals surface area (Å²) in [7, 11) is 0. The predicted octanol–water partition coefficient (Wildman–Crippen LogP) is 2.44. The summed E-state index contributed by atoms with van der Waals surface area (Å²) in [4.78, 5) is 0. The number of hydrogen-bond acceptors (Lipinski definition) is 2. The second kappa shape index (κ2) is 5.12. The molecule has 2 unspecified atom stereocenters. The van der Waals surface area contributed by atoms with Crippen molar-refractivity contribution in [2.24, 2.45) is 0 Å². The summed E-state index contributed by atoms with van der Waals surface area (Å²) in [6.07, 6.45) is -1.71. The second-order valence-corrected chi connectivity index (χ2v) is 4.18. The molecule has 0 aliphatic heterocycles. The van der Waals surface area contributed by atoms with Gasteiger partial charge in [0.2, 0.25) is 0 Å². The minimum atomic E-state index is -0.895. The van der Waals surface area contributed by atoms with E-state index < -0.39 is 12.2 Å². The fourth-order valence-electron chi connectivity index (χ4n) is 1.24. The molecule has 0 aliphatic carbocycles. The first-order valence-corrected chi connectivity index (χ1v) is 5.75. The van der Waals surface area contributed by atoms with Crippen LogP contribution in [0.15, 0.2) is 18.2 Å². The van der Waals surface area contributed by atoms with Crippen LogP contribution in [0, 0.1) is 6.92 Å². The standard InChI is InChI=1S/C10H12BrClO2/c1-6-7(3-2-4-8(6)12)10(14)9(13)5-11/h2-4,9-10,13-14H,5H2,1H3. The van der Waals surface area contributed by atoms with Crippen LogP contribution < -0.4 is 0 Å². The van der Waals surface area contributed by atoms with E-state index in [1.165, 1.54) is 0 Å². The highest BCUT2D eigenvalue weighted by Crippen LogP contribution is 2.26. The molecule has 0 bridgehead atoms. The van der Waals surface area contributed by atoms with Crippen molar-refractivity contribution < 1.29 is 10.2 Å². The molecule has 1 aromatic carbocycles. The smallest absolute Gasteiger partial charge is 0.106 e. The van der Waals surface area contributed by atoms with Gasteiger partial charge in [-0.1, -0.05) is 39.7 Å². The molecule has 14 heavy (non-hydrogen) atoms. The molecule has 0 spiro atoms. The van der Waals surface area contributed by atoms with Crippen molar-refractivity contribution >= 4 is 27.5 Å². The van der Waals surface area contributed by atoms with Crippen LogP contribution in [-0.4, -0.2) is 21.6 Å². The molecule has 0 amide bonds. The lowest BCUT2D eigenvalue weighted by molar-refractivity contribution is 0.0339. The maximum Gasteiger partial charge on any atom is 0.106 e. The van der Waals surface area contributed by atoms with Crippen LogP contribution in [0.2, 0.25) is 5.02 Å². The number of aliphatic hydroxyl groups is 2. The van der Waals surface area contributed by atoms with E-state index in [0.717, 1.165) is 5.56 Å². The summed E-state index contributed by atoms with van der Waals surface area (Å²) in [5.74, 6) is 0. The third-order valence-electron chi connectivity index (χ3n) is 2.15. The maximum atomic E-state index is 9.76. The van der Waals surface area contributed by atoms with Gasteiger partial charge in [0.05, 0.1) is 6.10 Å². The van der Waals surface area contributed by atoms with Crippen LogP contribution >= 0.6 is 27.5 Å². The Morgan fingerprint density at radius 1 is 1.43 bits per heavy atom. The van der Waals surface area contributed by atoms with Crippen molar-refractivity contribution in [3.8, 4) is 0 Å². The fraction of sp³-hybridized carbons (Fsp3) is 0.400. The molecule has 2 N–H and O–H groups in total. The van der Waals surface area contributed by atoms with Crippen LogP contribution in [-0.2, 0) is 0 Å². The van der Waals surface area contributed by atoms with Gasteiger partial charge >= 0.3 is 0 Å². The van der Waals surface area contributed by atoms with Crippen LogP contribution in [0.4, 0.5) is 0 Å². The van der Waals surface area contributed by atoms with E-state index in [9.17, 15) is 10.2 Å². The number of halogens is 2. The Morgan fingerprint density at radius 2 is 2.07 bits per heavy atom. The Hall–Kier alpha value is -0.0900. The normalized spacial score (nSPS) is 15.2. The van der Waals surface area contributed by atoms with E-state index in [1.807, 2.05) is 6.92 Å². The van der Waals surface area contributed by atoms with Crippen LogP contribution in [0.25, 0.3) is 0 Å². The van der Waals surface area contributed by atoms with Crippen molar-refractivity contribution in [1.29, 1.82) is 0 Å². The van der Waals surface area contributed by atoms with Crippen LogP contribution in [0.1, 0.15) is 17.2 Å². The van der Waals surface area contributed by atoms with Crippen LogP contribution in [0.5, 0.6) is 0 Å². The monoisotopic (exact) mass is 278 g/mol. The Labute approximate surface area is 96.7 Å². The molecule has 1 rings (SSSR count). The lowest BCUT2D eigenvalue weighted by Crippen LogP contribution is -2.20.